The molecule has 0 aromatic rings. The van der Waals surface area contributed by atoms with Gasteiger partial charge in [-0.05, 0) is 96.3 Å². The fourth-order valence-electron chi connectivity index (χ4n) is 8.93. The Kier molecular flexibility index (Phi) is 61.8. The molecule has 0 aliphatic rings. The van der Waals surface area contributed by atoms with Crippen molar-refractivity contribution in [1.82, 2.24) is 0 Å². The molecule has 78 heavy (non-hydrogen) atoms. The number of carbonyl (C=O) groups excluding carboxylic acids is 3. The zero-order valence-electron chi connectivity index (χ0n) is 50.9. The maximum atomic E-state index is 12.9. The molecule has 0 bridgehead atoms. The first-order chi connectivity index (χ1) is 38.5. The third kappa shape index (κ3) is 62.7. The maximum absolute atomic E-state index is 12.9. The van der Waals surface area contributed by atoms with E-state index in [0.29, 0.717) is 19.3 Å². The van der Waals surface area contributed by atoms with Crippen LogP contribution in [0.3, 0.4) is 0 Å². The molecular weight excluding hydrogens is 961 g/mol. The van der Waals surface area contributed by atoms with Crippen molar-refractivity contribution in [3.63, 3.8) is 0 Å². The van der Waals surface area contributed by atoms with Crippen LogP contribution in [-0.2, 0) is 28.6 Å². The molecule has 444 valence electrons. The van der Waals surface area contributed by atoms with Crippen molar-refractivity contribution in [3.05, 3.63) is 122 Å². The minimum Gasteiger partial charge on any atom is -0.462 e. The highest BCUT2D eigenvalue weighted by atomic mass is 16.6. The maximum Gasteiger partial charge on any atom is 0.306 e. The van der Waals surface area contributed by atoms with Gasteiger partial charge < -0.3 is 14.2 Å². The summed E-state index contributed by atoms with van der Waals surface area (Å²) >= 11 is 0. The van der Waals surface area contributed by atoms with Crippen molar-refractivity contribution >= 4 is 17.9 Å². The summed E-state index contributed by atoms with van der Waals surface area (Å²) < 4.78 is 16.8. The molecule has 0 heterocycles. The van der Waals surface area contributed by atoms with E-state index in [1.807, 2.05) is 6.08 Å². The van der Waals surface area contributed by atoms with Gasteiger partial charge in [-0.25, -0.2) is 0 Å². The van der Waals surface area contributed by atoms with E-state index in [0.717, 1.165) is 116 Å². The lowest BCUT2D eigenvalue weighted by Crippen LogP contribution is -2.30. The summed E-state index contributed by atoms with van der Waals surface area (Å²) in [4.78, 5) is 38.3. The van der Waals surface area contributed by atoms with Gasteiger partial charge in [-0.2, -0.15) is 0 Å². The normalized spacial score (nSPS) is 12.9. The Bertz CT molecular complexity index is 1620. The van der Waals surface area contributed by atoms with Crippen LogP contribution in [0.5, 0.6) is 0 Å². The zero-order valence-corrected chi connectivity index (χ0v) is 50.9. The Morgan fingerprint density at radius 3 is 0.833 bits per heavy atom. The molecular formula is C72H120O6. The molecule has 0 aromatic heterocycles. The van der Waals surface area contributed by atoms with Crippen molar-refractivity contribution in [2.45, 2.75) is 303 Å². The van der Waals surface area contributed by atoms with Gasteiger partial charge in [-0.15, -0.1) is 0 Å². The van der Waals surface area contributed by atoms with Crippen LogP contribution < -0.4 is 0 Å². The lowest BCUT2D eigenvalue weighted by Gasteiger charge is -2.18. The Labute approximate surface area is 482 Å². The molecule has 1 unspecified atom stereocenters. The number of hydrogen-bond acceptors (Lipinski definition) is 6. The first kappa shape index (κ1) is 73.8. The van der Waals surface area contributed by atoms with Gasteiger partial charge in [0.25, 0.3) is 0 Å². The average molecular weight is 1080 g/mol. The van der Waals surface area contributed by atoms with E-state index in [4.69, 9.17) is 14.2 Å². The standard InChI is InChI=1S/C72H120O6/c1-4-7-10-13-16-19-22-25-28-31-33-34-35-36-37-39-41-44-47-50-53-56-59-62-65-71(74)77-68-69(67-76-70(73)64-61-58-55-52-49-46-43-40-30-27-24-21-18-15-12-9-6-3)78-72(75)66-63-60-57-54-51-48-45-42-38-32-29-26-23-20-17-14-11-8-5-2/h8-9,11-12,17-18,20-21,26-27,29-30,38,42-43,46,48,51,57,60,69H,4-7,10,13-16,19,22-25,28,31-37,39-41,44-45,47,49-50,52-56,58-59,61-68H2,1-3H3/b11-8-,12-9-,20-17-,21-18-,29-26-,30-27-,42-38-,46-43-,51-48-,60-57-. The minimum absolute atomic E-state index is 0.117. The minimum atomic E-state index is -0.832. The number of allylic oxidation sites excluding steroid dienone is 20. The molecule has 0 aliphatic heterocycles. The summed E-state index contributed by atoms with van der Waals surface area (Å²) in [6.07, 6.45) is 90.8. The van der Waals surface area contributed by atoms with Gasteiger partial charge in [0, 0.05) is 19.3 Å². The van der Waals surface area contributed by atoms with Gasteiger partial charge in [-0.1, -0.05) is 303 Å². The molecule has 0 aliphatic carbocycles. The molecule has 6 nitrogen and oxygen atoms in total. The summed E-state index contributed by atoms with van der Waals surface area (Å²) in [6.45, 7) is 6.36. The Morgan fingerprint density at radius 2 is 0.526 bits per heavy atom. The highest BCUT2D eigenvalue weighted by Gasteiger charge is 2.19. The summed E-state index contributed by atoms with van der Waals surface area (Å²) in [6, 6.07) is 0. The summed E-state index contributed by atoms with van der Waals surface area (Å²) in [5.41, 5.74) is 0. The molecule has 6 heteroatoms. The van der Waals surface area contributed by atoms with Crippen molar-refractivity contribution < 1.29 is 28.6 Å². The van der Waals surface area contributed by atoms with Gasteiger partial charge in [0.1, 0.15) is 13.2 Å². The molecule has 0 radical (unpaired) electrons. The summed E-state index contributed by atoms with van der Waals surface area (Å²) in [7, 11) is 0. The van der Waals surface area contributed by atoms with E-state index in [-0.39, 0.29) is 31.6 Å². The van der Waals surface area contributed by atoms with E-state index in [1.54, 1.807) is 0 Å². The van der Waals surface area contributed by atoms with Crippen molar-refractivity contribution in [2.24, 2.45) is 0 Å². The molecule has 0 N–H and O–H groups in total. The van der Waals surface area contributed by atoms with E-state index in [2.05, 4.69) is 136 Å². The van der Waals surface area contributed by atoms with Gasteiger partial charge in [0.05, 0.1) is 0 Å². The van der Waals surface area contributed by atoms with Gasteiger partial charge in [0.2, 0.25) is 0 Å². The average Bonchev–Trinajstić information content (AvgIpc) is 3.44. The first-order valence-electron chi connectivity index (χ1n) is 32.5. The topological polar surface area (TPSA) is 78.9 Å². The summed E-state index contributed by atoms with van der Waals surface area (Å²) in [5, 5.41) is 0. The number of carbonyl (C=O) groups is 3. The fraction of sp³-hybridized carbons (Fsp3) is 0.681. The lowest BCUT2D eigenvalue weighted by atomic mass is 10.0. The molecule has 0 fully saturated rings. The van der Waals surface area contributed by atoms with Crippen LogP contribution in [0, 0.1) is 0 Å². The number of unbranched alkanes of at least 4 members (excludes halogenated alkanes) is 27. The Hall–Kier alpha value is -4.19. The van der Waals surface area contributed by atoms with Crippen molar-refractivity contribution in [1.29, 1.82) is 0 Å². The number of hydrogen-bond donors (Lipinski definition) is 0. The molecule has 0 aromatic carbocycles. The Morgan fingerprint density at radius 1 is 0.269 bits per heavy atom. The fourth-order valence-corrected chi connectivity index (χ4v) is 8.93. The molecule has 0 saturated heterocycles. The lowest BCUT2D eigenvalue weighted by molar-refractivity contribution is -0.166. The quantitative estimate of drug-likeness (QED) is 0.0261. The van der Waals surface area contributed by atoms with Gasteiger partial charge >= 0.3 is 17.9 Å². The van der Waals surface area contributed by atoms with Crippen molar-refractivity contribution in [2.75, 3.05) is 13.2 Å². The molecule has 0 amide bonds. The largest absolute Gasteiger partial charge is 0.462 e. The third-order valence-electron chi connectivity index (χ3n) is 13.7. The van der Waals surface area contributed by atoms with Crippen molar-refractivity contribution in [3.8, 4) is 0 Å². The number of ether oxygens (including phenoxy) is 3. The van der Waals surface area contributed by atoms with Crippen LogP contribution in [0.25, 0.3) is 0 Å². The number of rotatable bonds is 58. The molecule has 0 rings (SSSR count). The zero-order chi connectivity index (χ0) is 56.4. The highest BCUT2D eigenvalue weighted by molar-refractivity contribution is 5.71. The predicted molar refractivity (Wildman–Crippen MR) is 339 cm³/mol. The van der Waals surface area contributed by atoms with E-state index < -0.39 is 12.1 Å². The molecule has 1 atom stereocenters. The number of esters is 3. The Balaban J connectivity index is 4.46. The second-order valence-corrected chi connectivity index (χ2v) is 21.3. The van der Waals surface area contributed by atoms with Crippen LogP contribution in [-0.4, -0.2) is 37.2 Å². The van der Waals surface area contributed by atoms with Gasteiger partial charge in [-0.3, -0.25) is 14.4 Å². The van der Waals surface area contributed by atoms with Crippen LogP contribution in [0.2, 0.25) is 0 Å². The smallest absolute Gasteiger partial charge is 0.306 e. The predicted octanol–water partition coefficient (Wildman–Crippen LogP) is 22.4. The van der Waals surface area contributed by atoms with Crippen LogP contribution in [0.15, 0.2) is 122 Å². The van der Waals surface area contributed by atoms with Crippen LogP contribution in [0.4, 0.5) is 0 Å². The summed E-state index contributed by atoms with van der Waals surface area (Å²) in [5.74, 6) is -1.02. The molecule has 0 spiro atoms. The highest BCUT2D eigenvalue weighted by Crippen LogP contribution is 2.17. The second kappa shape index (κ2) is 65.3. The monoisotopic (exact) mass is 1080 g/mol. The van der Waals surface area contributed by atoms with Crippen LogP contribution >= 0.6 is 0 Å². The molecule has 0 saturated carbocycles. The second-order valence-electron chi connectivity index (χ2n) is 21.3. The van der Waals surface area contributed by atoms with E-state index >= 15 is 0 Å². The van der Waals surface area contributed by atoms with E-state index in [1.165, 1.54) is 135 Å². The third-order valence-corrected chi connectivity index (χ3v) is 13.7. The SMILES string of the molecule is CC/C=C\C/C=C\C/C=C\C/C=C\C/C=C\C/C=C\CCC(=O)OC(COC(=O)CCCCCC/C=C\C/C=C\C/C=C\C/C=C\CC)COC(=O)CCCCCCCCCCCCCCCCCCCCCCCCCC. The first-order valence-corrected chi connectivity index (χ1v) is 32.5. The van der Waals surface area contributed by atoms with E-state index in [9.17, 15) is 14.4 Å². The van der Waals surface area contributed by atoms with Gasteiger partial charge in [0.15, 0.2) is 6.10 Å². The van der Waals surface area contributed by atoms with Crippen LogP contribution in [0.1, 0.15) is 297 Å².